The summed E-state index contributed by atoms with van der Waals surface area (Å²) >= 11 is 0. The molecule has 0 aliphatic heterocycles. The lowest BCUT2D eigenvalue weighted by molar-refractivity contribution is -0.384. The van der Waals surface area contributed by atoms with Gasteiger partial charge in [0.2, 0.25) is 0 Å². The molecule has 4 rings (SSSR count). The fourth-order valence-corrected chi connectivity index (χ4v) is 3.62. The van der Waals surface area contributed by atoms with Crippen LogP contribution in [0.1, 0.15) is 18.1 Å². The number of rotatable bonds is 10. The molecule has 1 atom stereocenters. The fourth-order valence-electron chi connectivity index (χ4n) is 3.62. The highest BCUT2D eigenvalue weighted by Crippen LogP contribution is 2.28. The number of nitrogens with zero attached hydrogens (tertiary/aromatic N) is 2. The van der Waals surface area contributed by atoms with Crippen LogP contribution in [0.2, 0.25) is 0 Å². The van der Waals surface area contributed by atoms with Crippen molar-refractivity contribution in [3.05, 3.63) is 106 Å². The first kappa shape index (κ1) is 25.2. The zero-order valence-electron chi connectivity index (χ0n) is 20.4. The minimum atomic E-state index is -0.505. The molecule has 1 unspecified atom stereocenters. The summed E-state index contributed by atoms with van der Waals surface area (Å²) in [6.07, 6.45) is 1.51. The summed E-state index contributed by atoms with van der Waals surface area (Å²) in [5.74, 6) is 0.714. The van der Waals surface area contributed by atoms with Gasteiger partial charge < -0.3 is 14.8 Å². The number of ether oxygens (including phenoxy) is 2. The number of fused-ring (bicyclic) bond motifs is 1. The van der Waals surface area contributed by atoms with Crippen molar-refractivity contribution in [2.45, 2.75) is 19.6 Å². The lowest BCUT2D eigenvalue weighted by Gasteiger charge is -2.14. The van der Waals surface area contributed by atoms with Crippen LogP contribution in [0.15, 0.2) is 90.0 Å². The molecule has 0 saturated heterocycles. The van der Waals surface area contributed by atoms with Crippen molar-refractivity contribution in [2.75, 3.05) is 12.4 Å². The van der Waals surface area contributed by atoms with Gasteiger partial charge in [-0.1, -0.05) is 30.3 Å². The van der Waals surface area contributed by atoms with Crippen LogP contribution in [0, 0.1) is 10.1 Å². The normalized spacial score (nSPS) is 11.7. The predicted octanol–water partition coefficient (Wildman–Crippen LogP) is 5.29. The van der Waals surface area contributed by atoms with E-state index in [1.807, 2.05) is 42.5 Å². The number of nitro benzene ring substituents is 1. The SMILES string of the molecule is COc1ccc(/C=N/NC(=O)C(C)Nc2ccc3ccccc3c2)cc1OCc1ccc([N+](=O)[O-])cc1. The van der Waals surface area contributed by atoms with Crippen LogP contribution in [-0.4, -0.2) is 30.2 Å². The van der Waals surface area contributed by atoms with Gasteiger partial charge in [0.05, 0.1) is 18.2 Å². The van der Waals surface area contributed by atoms with Crippen molar-refractivity contribution >= 4 is 34.3 Å². The number of hydrazone groups is 1. The van der Waals surface area contributed by atoms with Gasteiger partial charge in [0.25, 0.3) is 11.6 Å². The lowest BCUT2D eigenvalue weighted by atomic mass is 10.1. The molecule has 0 heterocycles. The number of methoxy groups -OCH3 is 1. The van der Waals surface area contributed by atoms with Gasteiger partial charge in [-0.3, -0.25) is 14.9 Å². The van der Waals surface area contributed by atoms with Crippen molar-refractivity contribution in [3.63, 3.8) is 0 Å². The maximum absolute atomic E-state index is 12.5. The first-order valence-electron chi connectivity index (χ1n) is 11.6. The molecule has 4 aromatic rings. The highest BCUT2D eigenvalue weighted by atomic mass is 16.6. The van der Waals surface area contributed by atoms with Gasteiger partial charge in [0.1, 0.15) is 12.6 Å². The molecule has 0 radical (unpaired) electrons. The molecule has 4 aromatic carbocycles. The first-order chi connectivity index (χ1) is 17.9. The predicted molar refractivity (Wildman–Crippen MR) is 143 cm³/mol. The third-order valence-corrected chi connectivity index (χ3v) is 5.64. The average molecular weight is 499 g/mol. The Morgan fingerprint density at radius 2 is 1.76 bits per heavy atom. The van der Waals surface area contributed by atoms with E-state index >= 15 is 0 Å². The van der Waals surface area contributed by atoms with Gasteiger partial charge in [-0.05, 0) is 71.3 Å². The highest BCUT2D eigenvalue weighted by Gasteiger charge is 2.12. The van der Waals surface area contributed by atoms with Gasteiger partial charge in [-0.2, -0.15) is 5.10 Å². The fraction of sp³-hybridized carbons (Fsp3) is 0.143. The molecule has 0 aromatic heterocycles. The van der Waals surface area contributed by atoms with E-state index in [1.54, 1.807) is 37.3 Å². The standard InChI is InChI=1S/C28H26N4O5/c1-19(30-24-11-10-22-5-3-4-6-23(22)16-24)28(33)31-29-17-21-9-14-26(36-2)27(15-21)37-18-20-7-12-25(13-8-20)32(34)35/h3-17,19,30H,18H2,1-2H3,(H,31,33)/b29-17+. The van der Waals surface area contributed by atoms with Crippen molar-refractivity contribution in [1.82, 2.24) is 5.43 Å². The molecule has 1 amide bonds. The number of nitro groups is 1. The number of carbonyl (C=O) groups is 1. The van der Waals surface area contributed by atoms with Gasteiger partial charge in [0.15, 0.2) is 11.5 Å². The van der Waals surface area contributed by atoms with Crippen molar-refractivity contribution in [3.8, 4) is 11.5 Å². The summed E-state index contributed by atoms with van der Waals surface area (Å²) in [6, 6.07) is 24.8. The molecule has 9 heteroatoms. The Labute approximate surface area is 213 Å². The number of hydrogen-bond donors (Lipinski definition) is 2. The molecule has 37 heavy (non-hydrogen) atoms. The third kappa shape index (κ3) is 6.61. The molecule has 9 nitrogen and oxygen atoms in total. The molecule has 2 N–H and O–H groups in total. The van der Waals surface area contributed by atoms with Crippen molar-refractivity contribution in [1.29, 1.82) is 0 Å². The van der Waals surface area contributed by atoms with Crippen molar-refractivity contribution < 1.29 is 19.2 Å². The van der Waals surface area contributed by atoms with E-state index in [0.717, 1.165) is 22.0 Å². The second kappa shape index (κ2) is 11.7. The molecule has 0 fully saturated rings. The minimum absolute atomic E-state index is 0.0170. The van der Waals surface area contributed by atoms with Crippen molar-refractivity contribution in [2.24, 2.45) is 5.10 Å². The monoisotopic (exact) mass is 498 g/mol. The van der Waals surface area contributed by atoms with E-state index < -0.39 is 11.0 Å². The maximum atomic E-state index is 12.5. The lowest BCUT2D eigenvalue weighted by Crippen LogP contribution is -2.34. The van der Waals surface area contributed by atoms with E-state index in [0.29, 0.717) is 17.1 Å². The Bertz CT molecular complexity index is 1440. The first-order valence-corrected chi connectivity index (χ1v) is 11.6. The second-order valence-electron chi connectivity index (χ2n) is 8.28. The third-order valence-electron chi connectivity index (χ3n) is 5.64. The maximum Gasteiger partial charge on any atom is 0.269 e. The van der Waals surface area contributed by atoms with Gasteiger partial charge in [0, 0.05) is 17.8 Å². The van der Waals surface area contributed by atoms with Crippen LogP contribution >= 0.6 is 0 Å². The average Bonchev–Trinajstić information content (AvgIpc) is 2.92. The number of benzene rings is 4. The largest absolute Gasteiger partial charge is 0.493 e. The molecule has 0 bridgehead atoms. The summed E-state index contributed by atoms with van der Waals surface area (Å²) < 4.78 is 11.2. The van der Waals surface area contributed by atoms with Gasteiger partial charge in [-0.15, -0.1) is 0 Å². The molecular weight excluding hydrogens is 472 g/mol. The Hall–Kier alpha value is -4.92. The highest BCUT2D eigenvalue weighted by molar-refractivity contribution is 5.89. The van der Waals surface area contributed by atoms with Crippen LogP contribution in [-0.2, 0) is 11.4 Å². The van der Waals surface area contributed by atoms with E-state index in [9.17, 15) is 14.9 Å². The molecule has 0 spiro atoms. The Morgan fingerprint density at radius 1 is 1.00 bits per heavy atom. The summed E-state index contributed by atoms with van der Waals surface area (Å²) in [5.41, 5.74) is 4.87. The van der Waals surface area contributed by atoms with Crippen LogP contribution in [0.3, 0.4) is 0 Å². The smallest absolute Gasteiger partial charge is 0.269 e. The summed E-state index contributed by atoms with van der Waals surface area (Å²) in [4.78, 5) is 22.9. The molecule has 0 saturated carbocycles. The van der Waals surface area contributed by atoms with Crippen LogP contribution in [0.25, 0.3) is 10.8 Å². The van der Waals surface area contributed by atoms with Crippen LogP contribution in [0.5, 0.6) is 11.5 Å². The van der Waals surface area contributed by atoms with Crippen LogP contribution in [0.4, 0.5) is 11.4 Å². The quantitative estimate of drug-likeness (QED) is 0.174. The van der Waals surface area contributed by atoms with E-state index in [4.69, 9.17) is 9.47 Å². The molecular formula is C28H26N4O5. The molecule has 0 aliphatic rings. The Morgan fingerprint density at radius 3 is 2.49 bits per heavy atom. The van der Waals surface area contributed by atoms with E-state index in [2.05, 4.69) is 15.8 Å². The Balaban J connectivity index is 1.35. The number of nitrogens with one attached hydrogen (secondary N) is 2. The van der Waals surface area contributed by atoms with Gasteiger partial charge >= 0.3 is 0 Å². The summed E-state index contributed by atoms with van der Waals surface area (Å²) in [7, 11) is 1.53. The minimum Gasteiger partial charge on any atom is -0.493 e. The second-order valence-corrected chi connectivity index (χ2v) is 8.28. The summed E-state index contributed by atoms with van der Waals surface area (Å²) in [5, 5.41) is 20.3. The number of anilines is 1. The number of hydrogen-bond acceptors (Lipinski definition) is 7. The van der Waals surface area contributed by atoms with Crippen LogP contribution < -0.4 is 20.2 Å². The number of non-ortho nitro benzene ring substituents is 1. The number of amides is 1. The van der Waals surface area contributed by atoms with E-state index in [1.165, 1.54) is 25.5 Å². The number of carbonyl (C=O) groups excluding carboxylic acids is 1. The topological polar surface area (TPSA) is 115 Å². The molecule has 188 valence electrons. The Kier molecular flexibility index (Phi) is 7.95. The molecule has 0 aliphatic carbocycles. The van der Waals surface area contributed by atoms with Gasteiger partial charge in [-0.25, -0.2) is 5.43 Å². The van der Waals surface area contributed by atoms with E-state index in [-0.39, 0.29) is 18.2 Å². The summed E-state index contributed by atoms with van der Waals surface area (Å²) in [6.45, 7) is 1.96. The zero-order valence-corrected chi connectivity index (χ0v) is 20.4. The zero-order chi connectivity index (χ0) is 26.2.